The summed E-state index contributed by atoms with van der Waals surface area (Å²) in [4.78, 5) is 0. The first kappa shape index (κ1) is 15.4. The number of nitrogens with one attached hydrogen (secondary N) is 1. The first-order valence-electron chi connectivity index (χ1n) is 6.07. The topological polar surface area (TPSA) is 12.0 Å². The van der Waals surface area contributed by atoms with Crippen LogP contribution >= 0.6 is 27.5 Å². The molecule has 2 aromatic rings. The lowest BCUT2D eigenvalue weighted by molar-refractivity contribution is 0.574. The fourth-order valence-corrected chi connectivity index (χ4v) is 2.47. The summed E-state index contributed by atoms with van der Waals surface area (Å²) >= 11 is 8.90. The van der Waals surface area contributed by atoms with Gasteiger partial charge in [0, 0.05) is 6.04 Å². The zero-order chi connectivity index (χ0) is 14.7. The highest BCUT2D eigenvalue weighted by atomic mass is 79.9. The summed E-state index contributed by atoms with van der Waals surface area (Å²) in [6.07, 6.45) is 0.595. The molecule has 0 spiro atoms. The number of benzene rings is 2. The Morgan fingerprint density at radius 1 is 1.15 bits per heavy atom. The molecular weight excluding hydrogens is 348 g/mol. The van der Waals surface area contributed by atoms with E-state index < -0.39 is 5.82 Å². The Kier molecular flexibility index (Phi) is 5.13. The minimum Gasteiger partial charge on any atom is -0.313 e. The smallest absolute Gasteiger partial charge is 0.141 e. The molecule has 0 saturated heterocycles. The Morgan fingerprint density at radius 2 is 1.90 bits per heavy atom. The third kappa shape index (κ3) is 3.57. The molecule has 1 N–H and O–H groups in total. The maximum absolute atomic E-state index is 13.6. The lowest BCUT2D eigenvalue weighted by Crippen LogP contribution is -2.19. The zero-order valence-electron chi connectivity index (χ0n) is 10.8. The van der Waals surface area contributed by atoms with Crippen molar-refractivity contribution in [1.82, 2.24) is 5.32 Å². The number of rotatable bonds is 4. The van der Waals surface area contributed by atoms with Crippen molar-refractivity contribution >= 4 is 27.5 Å². The Morgan fingerprint density at radius 3 is 2.50 bits per heavy atom. The molecular formula is C15H13BrClF2N. The van der Waals surface area contributed by atoms with Gasteiger partial charge in [-0.3, -0.25) is 0 Å². The zero-order valence-corrected chi connectivity index (χ0v) is 13.1. The van der Waals surface area contributed by atoms with Crippen LogP contribution in [0.2, 0.25) is 5.02 Å². The summed E-state index contributed by atoms with van der Waals surface area (Å²) in [7, 11) is 1.80. The molecule has 20 heavy (non-hydrogen) atoms. The van der Waals surface area contributed by atoms with Gasteiger partial charge in [-0.1, -0.05) is 23.7 Å². The maximum atomic E-state index is 13.6. The molecule has 2 rings (SSSR count). The lowest BCUT2D eigenvalue weighted by Gasteiger charge is -2.17. The van der Waals surface area contributed by atoms with E-state index in [-0.39, 0.29) is 16.9 Å². The molecule has 0 aliphatic heterocycles. The van der Waals surface area contributed by atoms with E-state index in [1.165, 1.54) is 12.1 Å². The minimum absolute atomic E-state index is 0.0703. The van der Waals surface area contributed by atoms with Crippen LogP contribution in [0.15, 0.2) is 40.9 Å². The van der Waals surface area contributed by atoms with Gasteiger partial charge in [0.2, 0.25) is 0 Å². The molecule has 5 heteroatoms. The summed E-state index contributed by atoms with van der Waals surface area (Å²) in [5.41, 5.74) is 1.72. The molecule has 0 heterocycles. The molecule has 0 bridgehead atoms. The van der Waals surface area contributed by atoms with E-state index in [1.54, 1.807) is 25.2 Å². The van der Waals surface area contributed by atoms with E-state index in [9.17, 15) is 8.78 Å². The third-order valence-corrected chi connectivity index (χ3v) is 4.05. The number of halogens is 4. The van der Waals surface area contributed by atoms with Gasteiger partial charge in [0.1, 0.15) is 11.6 Å². The molecule has 0 radical (unpaired) electrons. The van der Waals surface area contributed by atoms with E-state index in [2.05, 4.69) is 21.2 Å². The fraction of sp³-hybridized carbons (Fsp3) is 0.200. The second kappa shape index (κ2) is 6.66. The van der Waals surface area contributed by atoms with Gasteiger partial charge in [0.15, 0.2) is 0 Å². The van der Waals surface area contributed by atoms with Crippen LogP contribution in [0.4, 0.5) is 8.78 Å². The number of hydrogen-bond acceptors (Lipinski definition) is 1. The summed E-state index contributed by atoms with van der Waals surface area (Å²) in [6, 6.07) is 9.55. The number of likely N-dealkylation sites (N-methyl/N-ethyl adjacent to an activating group) is 1. The summed E-state index contributed by atoms with van der Waals surface area (Å²) in [6.45, 7) is 0. The van der Waals surface area contributed by atoms with Crippen molar-refractivity contribution in [3.8, 4) is 0 Å². The van der Waals surface area contributed by atoms with Gasteiger partial charge in [-0.2, -0.15) is 0 Å². The summed E-state index contributed by atoms with van der Waals surface area (Å²) in [5, 5.41) is 3.23. The monoisotopic (exact) mass is 359 g/mol. The molecule has 2 aromatic carbocycles. The average Bonchev–Trinajstić information content (AvgIpc) is 2.43. The minimum atomic E-state index is -0.439. The second-order valence-electron chi connectivity index (χ2n) is 4.47. The maximum Gasteiger partial charge on any atom is 0.141 e. The molecule has 0 aromatic heterocycles. The van der Waals surface area contributed by atoms with Crippen LogP contribution in [-0.4, -0.2) is 7.05 Å². The van der Waals surface area contributed by atoms with Gasteiger partial charge in [-0.25, -0.2) is 8.78 Å². The van der Waals surface area contributed by atoms with Crippen LogP contribution in [0.3, 0.4) is 0 Å². The van der Waals surface area contributed by atoms with Crippen LogP contribution in [0, 0.1) is 11.6 Å². The molecule has 106 valence electrons. The summed E-state index contributed by atoms with van der Waals surface area (Å²) < 4.78 is 27.2. The van der Waals surface area contributed by atoms with E-state index in [0.717, 1.165) is 11.1 Å². The molecule has 0 fully saturated rings. The van der Waals surface area contributed by atoms with Crippen LogP contribution in [0.1, 0.15) is 17.2 Å². The predicted molar refractivity (Wildman–Crippen MR) is 81.0 cm³/mol. The Hall–Kier alpha value is -0.970. The van der Waals surface area contributed by atoms with E-state index in [4.69, 9.17) is 11.6 Å². The molecule has 0 amide bonds. The first-order chi connectivity index (χ1) is 9.51. The van der Waals surface area contributed by atoms with Crippen molar-refractivity contribution in [2.75, 3.05) is 7.05 Å². The molecule has 1 nitrogen and oxygen atoms in total. The second-order valence-corrected chi connectivity index (χ2v) is 5.73. The first-order valence-corrected chi connectivity index (χ1v) is 7.24. The molecule has 1 unspecified atom stereocenters. The highest BCUT2D eigenvalue weighted by molar-refractivity contribution is 9.10. The van der Waals surface area contributed by atoms with Gasteiger partial charge in [-0.05, 0) is 64.8 Å². The number of hydrogen-bond donors (Lipinski definition) is 1. The predicted octanol–water partition coefficient (Wildman–Crippen LogP) is 4.88. The van der Waals surface area contributed by atoms with Crippen LogP contribution in [0.5, 0.6) is 0 Å². The van der Waals surface area contributed by atoms with Crippen molar-refractivity contribution in [3.05, 3.63) is 68.7 Å². The van der Waals surface area contributed by atoms with Crippen molar-refractivity contribution < 1.29 is 8.78 Å². The van der Waals surface area contributed by atoms with Crippen molar-refractivity contribution in [2.45, 2.75) is 12.5 Å². The summed E-state index contributed by atoms with van der Waals surface area (Å²) in [5.74, 6) is -0.744. The van der Waals surface area contributed by atoms with Crippen molar-refractivity contribution in [2.24, 2.45) is 0 Å². The highest BCUT2D eigenvalue weighted by Crippen LogP contribution is 2.25. The van der Waals surface area contributed by atoms with E-state index >= 15 is 0 Å². The average molecular weight is 361 g/mol. The highest BCUT2D eigenvalue weighted by Gasteiger charge is 2.13. The van der Waals surface area contributed by atoms with Gasteiger partial charge in [-0.15, -0.1) is 0 Å². The standard InChI is InChI=1S/C15H13BrClF2N/c1-20-15(10-3-4-11(16)14(19)8-10)7-9-2-5-13(18)12(17)6-9/h2-6,8,15,20H,7H2,1H3. The molecule has 0 aliphatic rings. The van der Waals surface area contributed by atoms with Crippen molar-refractivity contribution in [3.63, 3.8) is 0 Å². The van der Waals surface area contributed by atoms with E-state index in [1.807, 2.05) is 6.07 Å². The van der Waals surface area contributed by atoms with Gasteiger partial charge in [0.05, 0.1) is 9.50 Å². The van der Waals surface area contributed by atoms with Gasteiger partial charge >= 0.3 is 0 Å². The Labute approximate surface area is 130 Å². The Bertz CT molecular complexity index is 619. The SMILES string of the molecule is CNC(Cc1ccc(F)c(Cl)c1)c1ccc(Br)c(F)c1. The van der Waals surface area contributed by atoms with Gasteiger partial charge in [0.25, 0.3) is 0 Å². The van der Waals surface area contributed by atoms with Gasteiger partial charge < -0.3 is 5.32 Å². The van der Waals surface area contributed by atoms with Crippen LogP contribution in [0.25, 0.3) is 0 Å². The quantitative estimate of drug-likeness (QED) is 0.819. The molecule has 0 aliphatic carbocycles. The third-order valence-electron chi connectivity index (χ3n) is 3.12. The van der Waals surface area contributed by atoms with Crippen LogP contribution in [-0.2, 0) is 6.42 Å². The normalized spacial score (nSPS) is 12.4. The molecule has 0 saturated carbocycles. The van der Waals surface area contributed by atoms with E-state index in [0.29, 0.717) is 10.9 Å². The van der Waals surface area contributed by atoms with Crippen molar-refractivity contribution in [1.29, 1.82) is 0 Å². The Balaban J connectivity index is 2.23. The lowest BCUT2D eigenvalue weighted by atomic mass is 9.99. The fourth-order valence-electron chi connectivity index (χ4n) is 2.02. The molecule has 1 atom stereocenters. The van der Waals surface area contributed by atoms with Crippen LogP contribution < -0.4 is 5.32 Å². The largest absolute Gasteiger partial charge is 0.313 e.